The summed E-state index contributed by atoms with van der Waals surface area (Å²) < 4.78 is 0. The number of carbonyl (C=O) groups excluding carboxylic acids is 2. The topological polar surface area (TPSA) is 90.0 Å². The highest BCUT2D eigenvalue weighted by Gasteiger charge is 2.17. The summed E-state index contributed by atoms with van der Waals surface area (Å²) in [5, 5.41) is 11.2. The third kappa shape index (κ3) is 7.28. The molecule has 0 heterocycles. The van der Waals surface area contributed by atoms with Crippen LogP contribution in [-0.2, 0) is 9.59 Å². The summed E-state index contributed by atoms with van der Waals surface area (Å²) in [6, 6.07) is -0.438. The highest BCUT2D eigenvalue weighted by molar-refractivity contribution is 5.78. The predicted octanol–water partition coefficient (Wildman–Crippen LogP) is 0.359. The van der Waals surface area contributed by atoms with Crippen LogP contribution in [-0.4, -0.2) is 66.0 Å². The summed E-state index contributed by atoms with van der Waals surface area (Å²) in [6.07, 6.45) is 0.131. The van der Waals surface area contributed by atoms with Gasteiger partial charge in [0.25, 0.3) is 0 Å². The standard InChI is InChI=1S/C12H23N3O4/c1-9(2)15(8-6-11(17)18)12(19)13-7-5-10(16)14(3)4/h9H,5-8H2,1-4H3,(H,13,19)(H,17,18). The van der Waals surface area contributed by atoms with E-state index < -0.39 is 5.97 Å². The number of hydrogen-bond acceptors (Lipinski definition) is 3. The van der Waals surface area contributed by atoms with Crippen molar-refractivity contribution in [3.05, 3.63) is 0 Å². The van der Waals surface area contributed by atoms with Crippen LogP contribution in [0.15, 0.2) is 0 Å². The molecule has 0 aromatic carbocycles. The highest BCUT2D eigenvalue weighted by Crippen LogP contribution is 2.01. The van der Waals surface area contributed by atoms with Gasteiger partial charge in [0, 0.05) is 39.6 Å². The van der Waals surface area contributed by atoms with E-state index in [-0.39, 0.29) is 43.9 Å². The lowest BCUT2D eigenvalue weighted by atomic mass is 10.3. The fourth-order valence-corrected chi connectivity index (χ4v) is 1.41. The maximum atomic E-state index is 11.8. The highest BCUT2D eigenvalue weighted by atomic mass is 16.4. The van der Waals surface area contributed by atoms with Gasteiger partial charge in [0.2, 0.25) is 5.91 Å². The van der Waals surface area contributed by atoms with E-state index in [4.69, 9.17) is 5.11 Å². The zero-order valence-corrected chi connectivity index (χ0v) is 12.0. The van der Waals surface area contributed by atoms with Crippen LogP contribution in [0.5, 0.6) is 0 Å². The molecule has 0 spiro atoms. The third-order valence-electron chi connectivity index (χ3n) is 2.56. The molecule has 0 aliphatic carbocycles. The van der Waals surface area contributed by atoms with Crippen LogP contribution in [0.3, 0.4) is 0 Å². The number of carbonyl (C=O) groups is 3. The van der Waals surface area contributed by atoms with Crippen LogP contribution in [0.25, 0.3) is 0 Å². The molecule has 110 valence electrons. The Bertz CT molecular complexity index is 329. The Morgan fingerprint density at radius 2 is 1.74 bits per heavy atom. The number of aliphatic carboxylic acids is 1. The van der Waals surface area contributed by atoms with Crippen LogP contribution >= 0.6 is 0 Å². The Labute approximate surface area is 113 Å². The molecule has 7 heteroatoms. The minimum Gasteiger partial charge on any atom is -0.481 e. The van der Waals surface area contributed by atoms with Gasteiger partial charge in [0.1, 0.15) is 0 Å². The maximum absolute atomic E-state index is 11.8. The van der Waals surface area contributed by atoms with Gasteiger partial charge in [-0.1, -0.05) is 0 Å². The van der Waals surface area contributed by atoms with E-state index in [0.29, 0.717) is 0 Å². The number of carboxylic acids is 1. The first-order valence-corrected chi connectivity index (χ1v) is 6.22. The minimum absolute atomic E-state index is 0.0677. The van der Waals surface area contributed by atoms with E-state index in [1.165, 1.54) is 9.80 Å². The molecule has 19 heavy (non-hydrogen) atoms. The maximum Gasteiger partial charge on any atom is 0.317 e. The Morgan fingerprint density at radius 3 is 2.16 bits per heavy atom. The number of amides is 3. The summed E-state index contributed by atoms with van der Waals surface area (Å²) in [7, 11) is 3.30. The van der Waals surface area contributed by atoms with Crippen molar-refractivity contribution in [3.63, 3.8) is 0 Å². The molecule has 0 aromatic rings. The second-order valence-electron chi connectivity index (χ2n) is 4.70. The largest absolute Gasteiger partial charge is 0.481 e. The van der Waals surface area contributed by atoms with E-state index in [0.717, 1.165) is 0 Å². The van der Waals surface area contributed by atoms with E-state index >= 15 is 0 Å². The summed E-state index contributed by atoms with van der Waals surface area (Å²) in [5.41, 5.74) is 0. The first-order chi connectivity index (χ1) is 8.75. The molecule has 7 nitrogen and oxygen atoms in total. The molecule has 0 unspecified atom stereocenters. The molecule has 3 amide bonds. The molecule has 0 bridgehead atoms. The molecular formula is C12H23N3O4. The van der Waals surface area contributed by atoms with Crippen LogP contribution in [0.4, 0.5) is 4.79 Å². The lowest BCUT2D eigenvalue weighted by Gasteiger charge is -2.26. The van der Waals surface area contributed by atoms with Gasteiger partial charge >= 0.3 is 12.0 Å². The fraction of sp³-hybridized carbons (Fsp3) is 0.750. The average Bonchev–Trinajstić information content (AvgIpc) is 2.27. The van der Waals surface area contributed by atoms with Gasteiger partial charge in [-0.15, -0.1) is 0 Å². The molecule has 0 saturated carbocycles. The molecular weight excluding hydrogens is 250 g/mol. The summed E-state index contributed by atoms with van der Waals surface area (Å²) in [5.74, 6) is -1.01. The Morgan fingerprint density at radius 1 is 1.16 bits per heavy atom. The monoisotopic (exact) mass is 273 g/mol. The predicted molar refractivity (Wildman–Crippen MR) is 70.8 cm³/mol. The quantitative estimate of drug-likeness (QED) is 0.700. The number of carboxylic acid groups (broad SMARTS) is 1. The van der Waals surface area contributed by atoms with Crippen molar-refractivity contribution < 1.29 is 19.5 Å². The molecule has 0 rings (SSSR count). The normalized spacial score (nSPS) is 10.2. The first kappa shape index (κ1) is 17.2. The molecule has 0 radical (unpaired) electrons. The van der Waals surface area contributed by atoms with E-state index in [1.807, 2.05) is 13.8 Å². The number of hydrogen-bond donors (Lipinski definition) is 2. The van der Waals surface area contributed by atoms with Crippen molar-refractivity contribution in [1.82, 2.24) is 15.1 Å². The lowest BCUT2D eigenvalue weighted by Crippen LogP contribution is -2.45. The summed E-state index contributed by atoms with van der Waals surface area (Å²) >= 11 is 0. The van der Waals surface area contributed by atoms with Crippen molar-refractivity contribution in [2.24, 2.45) is 0 Å². The van der Waals surface area contributed by atoms with Crippen LogP contribution < -0.4 is 5.32 Å². The SMILES string of the molecule is CC(C)N(CCC(=O)O)C(=O)NCCC(=O)N(C)C. The van der Waals surface area contributed by atoms with Gasteiger partial charge in [-0.2, -0.15) is 0 Å². The first-order valence-electron chi connectivity index (χ1n) is 6.22. The molecule has 0 fully saturated rings. The minimum atomic E-state index is -0.943. The van der Waals surface area contributed by atoms with Gasteiger partial charge in [0.15, 0.2) is 0 Å². The van der Waals surface area contributed by atoms with Gasteiger partial charge in [-0.25, -0.2) is 4.79 Å². The van der Waals surface area contributed by atoms with Gasteiger partial charge in [-0.3, -0.25) is 9.59 Å². The number of rotatable bonds is 7. The zero-order valence-electron chi connectivity index (χ0n) is 12.0. The van der Waals surface area contributed by atoms with Crippen molar-refractivity contribution in [2.75, 3.05) is 27.2 Å². The van der Waals surface area contributed by atoms with Crippen molar-refractivity contribution >= 4 is 17.9 Å². The van der Waals surface area contributed by atoms with E-state index in [2.05, 4.69) is 5.32 Å². The second kappa shape index (κ2) is 8.34. The average molecular weight is 273 g/mol. The fourth-order valence-electron chi connectivity index (χ4n) is 1.41. The Kier molecular flexibility index (Phi) is 7.55. The van der Waals surface area contributed by atoms with Crippen LogP contribution in [0, 0.1) is 0 Å². The summed E-state index contributed by atoms with van der Waals surface area (Å²) in [4.78, 5) is 36.6. The van der Waals surface area contributed by atoms with Crippen LogP contribution in [0.1, 0.15) is 26.7 Å². The van der Waals surface area contributed by atoms with Gasteiger partial charge < -0.3 is 20.2 Å². The van der Waals surface area contributed by atoms with E-state index in [1.54, 1.807) is 14.1 Å². The molecule has 0 aromatic heterocycles. The Hall–Kier alpha value is -1.79. The number of nitrogens with one attached hydrogen (secondary N) is 1. The number of nitrogens with zero attached hydrogens (tertiary/aromatic N) is 2. The molecule has 0 atom stereocenters. The molecule has 2 N–H and O–H groups in total. The van der Waals surface area contributed by atoms with Crippen molar-refractivity contribution in [3.8, 4) is 0 Å². The smallest absolute Gasteiger partial charge is 0.317 e. The summed E-state index contributed by atoms with van der Waals surface area (Å²) in [6.45, 7) is 4.02. The van der Waals surface area contributed by atoms with Gasteiger partial charge in [0.05, 0.1) is 6.42 Å². The molecule has 0 aliphatic rings. The molecule has 0 aliphatic heterocycles. The zero-order chi connectivity index (χ0) is 15.0. The third-order valence-corrected chi connectivity index (χ3v) is 2.56. The second-order valence-corrected chi connectivity index (χ2v) is 4.70. The van der Waals surface area contributed by atoms with Crippen LogP contribution in [0.2, 0.25) is 0 Å². The van der Waals surface area contributed by atoms with Crippen molar-refractivity contribution in [2.45, 2.75) is 32.7 Å². The van der Waals surface area contributed by atoms with Crippen molar-refractivity contribution in [1.29, 1.82) is 0 Å². The molecule has 0 saturated heterocycles. The Balaban J connectivity index is 4.19. The van der Waals surface area contributed by atoms with Gasteiger partial charge in [-0.05, 0) is 13.8 Å². The van der Waals surface area contributed by atoms with E-state index in [9.17, 15) is 14.4 Å². The lowest BCUT2D eigenvalue weighted by molar-refractivity contribution is -0.137. The number of urea groups is 1.